The first kappa shape index (κ1) is 21.0. The van der Waals surface area contributed by atoms with Crippen LogP contribution in [0.15, 0.2) is 70.9 Å². The van der Waals surface area contributed by atoms with Gasteiger partial charge in [-0.1, -0.05) is 0 Å². The number of furan rings is 1. The number of nitrogens with one attached hydrogen (secondary N) is 1. The van der Waals surface area contributed by atoms with E-state index in [0.717, 1.165) is 34.0 Å². The number of amides is 2. The highest BCUT2D eigenvalue weighted by Gasteiger charge is 2.26. The smallest absolute Gasteiger partial charge is 0.275 e. The Morgan fingerprint density at radius 3 is 2.79 bits per heavy atom. The number of hydrogen-bond donors (Lipinski definition) is 1. The summed E-state index contributed by atoms with van der Waals surface area (Å²) in [4.78, 5) is 31.7. The minimum absolute atomic E-state index is 0.0939. The lowest BCUT2D eigenvalue weighted by atomic mass is 10.1. The highest BCUT2D eigenvalue weighted by Crippen LogP contribution is 2.32. The molecule has 0 atom stereocenters. The summed E-state index contributed by atoms with van der Waals surface area (Å²) in [7, 11) is 0. The molecule has 33 heavy (non-hydrogen) atoms. The van der Waals surface area contributed by atoms with Gasteiger partial charge in [-0.2, -0.15) is 0 Å². The van der Waals surface area contributed by atoms with E-state index in [2.05, 4.69) is 10.3 Å². The van der Waals surface area contributed by atoms with Gasteiger partial charge in [-0.25, -0.2) is 4.98 Å². The third-order valence-corrected chi connectivity index (χ3v) is 6.29. The van der Waals surface area contributed by atoms with Crippen LogP contribution in [0.3, 0.4) is 0 Å². The Balaban J connectivity index is 1.28. The van der Waals surface area contributed by atoms with Crippen LogP contribution in [0.5, 0.6) is 5.75 Å². The van der Waals surface area contributed by atoms with Gasteiger partial charge in [0.15, 0.2) is 0 Å². The average molecular weight is 460 g/mol. The molecule has 0 bridgehead atoms. The van der Waals surface area contributed by atoms with Crippen LogP contribution in [0.25, 0.3) is 10.6 Å². The van der Waals surface area contributed by atoms with E-state index in [1.54, 1.807) is 22.4 Å². The Morgan fingerprint density at radius 1 is 1.18 bits per heavy atom. The van der Waals surface area contributed by atoms with Crippen LogP contribution in [-0.2, 0) is 6.42 Å². The van der Waals surface area contributed by atoms with E-state index in [0.29, 0.717) is 30.1 Å². The molecule has 0 spiro atoms. The van der Waals surface area contributed by atoms with E-state index in [1.165, 1.54) is 23.9 Å². The van der Waals surface area contributed by atoms with Crippen LogP contribution >= 0.6 is 11.3 Å². The Kier molecular flexibility index (Phi) is 5.66. The predicted molar refractivity (Wildman–Crippen MR) is 127 cm³/mol. The van der Waals surface area contributed by atoms with E-state index in [4.69, 9.17) is 9.15 Å². The van der Waals surface area contributed by atoms with Gasteiger partial charge < -0.3 is 19.4 Å². The van der Waals surface area contributed by atoms with Crippen molar-refractivity contribution in [2.75, 3.05) is 23.4 Å². The SMILES string of the molecule is CCOc1ccc(-c2nc(C(=O)Nc3ccc4c(c3)CCN4C(=O)c3ccoc3)cs2)cc1. The Hall–Kier alpha value is -3.91. The lowest BCUT2D eigenvalue weighted by Crippen LogP contribution is -2.28. The molecule has 1 aliphatic rings. The average Bonchev–Trinajstić information content (AvgIpc) is 3.60. The van der Waals surface area contributed by atoms with Crippen molar-refractivity contribution in [3.8, 4) is 16.3 Å². The highest BCUT2D eigenvalue weighted by atomic mass is 32.1. The second-order valence-corrected chi connectivity index (χ2v) is 8.37. The molecule has 166 valence electrons. The lowest BCUT2D eigenvalue weighted by molar-refractivity contribution is 0.0986. The first-order valence-corrected chi connectivity index (χ1v) is 11.5. The molecular weight excluding hydrogens is 438 g/mol. The van der Waals surface area contributed by atoms with Crippen molar-refractivity contribution in [1.82, 2.24) is 4.98 Å². The van der Waals surface area contributed by atoms with Gasteiger partial charge in [0, 0.05) is 28.9 Å². The van der Waals surface area contributed by atoms with Gasteiger partial charge in [0.25, 0.3) is 11.8 Å². The molecule has 7 nitrogen and oxygen atoms in total. The molecule has 1 aliphatic heterocycles. The molecule has 2 aromatic carbocycles. The van der Waals surface area contributed by atoms with Gasteiger partial charge in [-0.15, -0.1) is 11.3 Å². The van der Waals surface area contributed by atoms with E-state index >= 15 is 0 Å². The van der Waals surface area contributed by atoms with Gasteiger partial charge in [-0.3, -0.25) is 9.59 Å². The van der Waals surface area contributed by atoms with Crippen molar-refractivity contribution in [1.29, 1.82) is 0 Å². The number of rotatable bonds is 6. The Morgan fingerprint density at radius 2 is 2.03 bits per heavy atom. The summed E-state index contributed by atoms with van der Waals surface area (Å²) in [6.45, 7) is 3.15. The molecule has 0 fully saturated rings. The summed E-state index contributed by atoms with van der Waals surface area (Å²) in [6.07, 6.45) is 3.66. The molecule has 0 radical (unpaired) electrons. The molecule has 0 saturated heterocycles. The number of carbonyl (C=O) groups excluding carboxylic acids is 2. The van der Waals surface area contributed by atoms with Crippen molar-refractivity contribution >= 4 is 34.5 Å². The van der Waals surface area contributed by atoms with Gasteiger partial charge in [0.05, 0.1) is 18.4 Å². The molecule has 2 aromatic heterocycles. The van der Waals surface area contributed by atoms with Crippen molar-refractivity contribution < 1.29 is 18.7 Å². The van der Waals surface area contributed by atoms with Gasteiger partial charge in [0.1, 0.15) is 22.7 Å². The summed E-state index contributed by atoms with van der Waals surface area (Å²) in [6, 6.07) is 14.9. The van der Waals surface area contributed by atoms with Crippen molar-refractivity contribution in [2.45, 2.75) is 13.3 Å². The van der Waals surface area contributed by atoms with Crippen LogP contribution in [0, 0.1) is 0 Å². The number of thiazole rings is 1. The molecule has 5 rings (SSSR count). The molecule has 2 amide bonds. The monoisotopic (exact) mass is 459 g/mol. The summed E-state index contributed by atoms with van der Waals surface area (Å²) < 4.78 is 10.5. The summed E-state index contributed by atoms with van der Waals surface area (Å²) in [5.41, 5.74) is 4.35. The van der Waals surface area contributed by atoms with Crippen molar-refractivity contribution in [3.05, 3.63) is 83.3 Å². The number of anilines is 2. The first-order chi connectivity index (χ1) is 16.1. The zero-order valence-electron chi connectivity index (χ0n) is 17.9. The number of hydrogen-bond acceptors (Lipinski definition) is 6. The number of aromatic nitrogens is 1. The van der Waals surface area contributed by atoms with Crippen LogP contribution in [0.1, 0.15) is 33.3 Å². The minimum Gasteiger partial charge on any atom is -0.494 e. The largest absolute Gasteiger partial charge is 0.494 e. The lowest BCUT2D eigenvalue weighted by Gasteiger charge is -2.16. The fraction of sp³-hybridized carbons (Fsp3) is 0.160. The third-order valence-electron chi connectivity index (χ3n) is 5.40. The van der Waals surface area contributed by atoms with Gasteiger partial charge in [-0.05, 0) is 67.4 Å². The van der Waals surface area contributed by atoms with Crippen LogP contribution in [-0.4, -0.2) is 29.9 Å². The topological polar surface area (TPSA) is 84.7 Å². The molecule has 4 aromatic rings. The van der Waals surface area contributed by atoms with Crippen LogP contribution < -0.4 is 15.0 Å². The molecule has 0 unspecified atom stereocenters. The summed E-state index contributed by atoms with van der Waals surface area (Å²) >= 11 is 1.42. The minimum atomic E-state index is -0.271. The number of fused-ring (bicyclic) bond motifs is 1. The normalized spacial score (nSPS) is 12.5. The fourth-order valence-corrected chi connectivity index (χ4v) is 4.60. The number of ether oxygens (including phenoxy) is 1. The van der Waals surface area contributed by atoms with E-state index < -0.39 is 0 Å². The molecule has 0 saturated carbocycles. The third kappa shape index (κ3) is 4.25. The van der Waals surface area contributed by atoms with Crippen molar-refractivity contribution in [3.63, 3.8) is 0 Å². The fourth-order valence-electron chi connectivity index (χ4n) is 3.80. The maximum Gasteiger partial charge on any atom is 0.275 e. The maximum atomic E-state index is 12.8. The summed E-state index contributed by atoms with van der Waals surface area (Å²) in [5, 5.41) is 5.44. The maximum absolute atomic E-state index is 12.8. The van der Waals surface area contributed by atoms with E-state index in [1.807, 2.05) is 43.3 Å². The van der Waals surface area contributed by atoms with E-state index in [-0.39, 0.29) is 11.8 Å². The summed E-state index contributed by atoms with van der Waals surface area (Å²) in [5.74, 6) is 0.439. The Labute approximate surface area is 194 Å². The van der Waals surface area contributed by atoms with Crippen LogP contribution in [0.4, 0.5) is 11.4 Å². The second-order valence-electron chi connectivity index (χ2n) is 7.51. The van der Waals surface area contributed by atoms with Gasteiger partial charge in [0.2, 0.25) is 0 Å². The highest BCUT2D eigenvalue weighted by molar-refractivity contribution is 7.13. The molecule has 0 aliphatic carbocycles. The van der Waals surface area contributed by atoms with E-state index in [9.17, 15) is 9.59 Å². The Bertz CT molecular complexity index is 1300. The molecular formula is C25H21N3O4S. The zero-order valence-corrected chi connectivity index (χ0v) is 18.7. The second kappa shape index (κ2) is 8.91. The zero-order chi connectivity index (χ0) is 22.8. The molecule has 8 heteroatoms. The molecule has 3 heterocycles. The number of benzene rings is 2. The predicted octanol–water partition coefficient (Wildman–Crippen LogP) is 5.26. The molecule has 1 N–H and O–H groups in total. The quantitative estimate of drug-likeness (QED) is 0.425. The standard InChI is InChI=1S/C25H21N3O4S/c1-2-32-20-6-3-16(4-7-20)24-27-21(15-33-24)23(29)26-19-5-8-22-17(13-19)9-11-28(22)25(30)18-10-12-31-14-18/h3-8,10,12-15H,2,9,11H2,1H3,(H,26,29). The van der Waals surface area contributed by atoms with Crippen LogP contribution in [0.2, 0.25) is 0 Å². The van der Waals surface area contributed by atoms with Crippen molar-refractivity contribution in [2.24, 2.45) is 0 Å². The number of carbonyl (C=O) groups is 2. The number of nitrogens with zero attached hydrogens (tertiary/aromatic N) is 2. The first-order valence-electron chi connectivity index (χ1n) is 10.6. The van der Waals surface area contributed by atoms with Gasteiger partial charge >= 0.3 is 0 Å².